The maximum absolute atomic E-state index is 13.2. The maximum Gasteiger partial charge on any atom is 0.270 e. The van der Waals surface area contributed by atoms with Crippen molar-refractivity contribution in [2.75, 3.05) is 5.32 Å². The highest BCUT2D eigenvalue weighted by atomic mass is 19.1. The van der Waals surface area contributed by atoms with Gasteiger partial charge < -0.3 is 10.6 Å². The molecule has 2 N–H and O–H groups in total. The van der Waals surface area contributed by atoms with E-state index in [9.17, 15) is 9.18 Å². The monoisotopic (exact) mass is 322 g/mol. The molecule has 0 aliphatic heterocycles. The van der Waals surface area contributed by atoms with Crippen LogP contribution in [-0.4, -0.2) is 15.9 Å². The van der Waals surface area contributed by atoms with E-state index in [-0.39, 0.29) is 17.4 Å². The van der Waals surface area contributed by atoms with Crippen LogP contribution in [0.25, 0.3) is 0 Å². The average Bonchev–Trinajstić information content (AvgIpc) is 2.61. The fourth-order valence-electron chi connectivity index (χ4n) is 2.13. The standard InChI is InChI=1S/C18H15FN4O/c19-14-7-4-8-15(9-14)23-17-10-16(21-12-22-17)18(24)20-11-13-5-2-1-3-6-13/h1-10,12H,11H2,(H,20,24)(H,21,22,23). The number of nitrogens with one attached hydrogen (secondary N) is 2. The highest BCUT2D eigenvalue weighted by Crippen LogP contribution is 2.15. The molecule has 120 valence electrons. The lowest BCUT2D eigenvalue weighted by molar-refractivity contribution is 0.0946. The van der Waals surface area contributed by atoms with E-state index in [0.717, 1.165) is 5.56 Å². The zero-order valence-electron chi connectivity index (χ0n) is 12.7. The Labute approximate surface area is 138 Å². The summed E-state index contributed by atoms with van der Waals surface area (Å²) in [5.74, 6) is -0.237. The molecule has 5 nitrogen and oxygen atoms in total. The van der Waals surface area contributed by atoms with E-state index < -0.39 is 0 Å². The van der Waals surface area contributed by atoms with E-state index in [4.69, 9.17) is 0 Å². The van der Waals surface area contributed by atoms with Gasteiger partial charge in [0.05, 0.1) is 0 Å². The molecule has 2 aromatic carbocycles. The largest absolute Gasteiger partial charge is 0.347 e. The third-order valence-corrected chi connectivity index (χ3v) is 3.29. The first kappa shape index (κ1) is 15.6. The number of hydrogen-bond donors (Lipinski definition) is 2. The predicted octanol–water partition coefficient (Wildman–Crippen LogP) is 3.29. The second kappa shape index (κ2) is 7.32. The maximum atomic E-state index is 13.2. The summed E-state index contributed by atoms with van der Waals surface area (Å²) in [6.45, 7) is 0.413. The van der Waals surface area contributed by atoms with Crippen molar-refractivity contribution in [3.8, 4) is 0 Å². The van der Waals surface area contributed by atoms with Gasteiger partial charge in [0.2, 0.25) is 0 Å². The first-order valence-electron chi connectivity index (χ1n) is 7.37. The fourth-order valence-corrected chi connectivity index (χ4v) is 2.13. The van der Waals surface area contributed by atoms with Gasteiger partial charge in [-0.2, -0.15) is 0 Å². The van der Waals surface area contributed by atoms with Gasteiger partial charge >= 0.3 is 0 Å². The Morgan fingerprint density at radius 1 is 1.00 bits per heavy atom. The van der Waals surface area contributed by atoms with Gasteiger partial charge in [0, 0.05) is 18.3 Å². The molecule has 6 heteroatoms. The topological polar surface area (TPSA) is 66.9 Å². The van der Waals surface area contributed by atoms with Gasteiger partial charge in [-0.25, -0.2) is 14.4 Å². The molecule has 3 rings (SSSR count). The predicted molar refractivity (Wildman–Crippen MR) is 89.3 cm³/mol. The van der Waals surface area contributed by atoms with Crippen LogP contribution in [-0.2, 0) is 6.54 Å². The van der Waals surface area contributed by atoms with E-state index in [0.29, 0.717) is 18.1 Å². The molecular weight excluding hydrogens is 307 g/mol. The van der Waals surface area contributed by atoms with Crippen LogP contribution in [0.1, 0.15) is 16.1 Å². The first-order chi connectivity index (χ1) is 11.7. The quantitative estimate of drug-likeness (QED) is 0.756. The number of hydrogen-bond acceptors (Lipinski definition) is 4. The van der Waals surface area contributed by atoms with Crippen molar-refractivity contribution < 1.29 is 9.18 Å². The molecule has 0 radical (unpaired) electrons. The van der Waals surface area contributed by atoms with E-state index in [1.165, 1.54) is 24.5 Å². The molecule has 0 saturated carbocycles. The minimum absolute atomic E-state index is 0.236. The summed E-state index contributed by atoms with van der Waals surface area (Å²) < 4.78 is 13.2. The third kappa shape index (κ3) is 4.13. The zero-order chi connectivity index (χ0) is 16.8. The molecule has 1 amide bonds. The first-order valence-corrected chi connectivity index (χ1v) is 7.37. The van der Waals surface area contributed by atoms with Gasteiger partial charge in [-0.05, 0) is 23.8 Å². The van der Waals surface area contributed by atoms with Gasteiger partial charge in [0.25, 0.3) is 5.91 Å². The van der Waals surface area contributed by atoms with Crippen LogP contribution in [0.5, 0.6) is 0 Å². The fraction of sp³-hybridized carbons (Fsp3) is 0.0556. The van der Waals surface area contributed by atoms with Gasteiger partial charge in [-0.15, -0.1) is 0 Å². The number of halogens is 1. The normalized spacial score (nSPS) is 10.2. The average molecular weight is 322 g/mol. The Balaban J connectivity index is 1.67. The minimum Gasteiger partial charge on any atom is -0.347 e. The molecule has 0 bridgehead atoms. The number of carbonyl (C=O) groups excluding carboxylic acids is 1. The van der Waals surface area contributed by atoms with Crippen LogP contribution in [0.3, 0.4) is 0 Å². The molecule has 0 fully saturated rings. The molecule has 0 atom stereocenters. The molecule has 0 aliphatic carbocycles. The summed E-state index contributed by atoms with van der Waals surface area (Å²) in [5.41, 5.74) is 1.78. The van der Waals surface area contributed by atoms with E-state index in [2.05, 4.69) is 20.6 Å². The molecule has 3 aromatic rings. The van der Waals surface area contributed by atoms with Gasteiger partial charge in [-0.1, -0.05) is 36.4 Å². The molecule has 0 aliphatic rings. The number of rotatable bonds is 5. The van der Waals surface area contributed by atoms with Crippen molar-refractivity contribution in [1.29, 1.82) is 0 Å². The molecule has 0 unspecified atom stereocenters. The SMILES string of the molecule is O=C(NCc1ccccc1)c1cc(Nc2cccc(F)c2)ncn1. The number of anilines is 2. The van der Waals surface area contributed by atoms with Crippen molar-refractivity contribution in [2.45, 2.75) is 6.54 Å². The molecule has 1 aromatic heterocycles. The van der Waals surface area contributed by atoms with Crippen LogP contribution in [0, 0.1) is 5.82 Å². The van der Waals surface area contributed by atoms with Crippen LogP contribution < -0.4 is 10.6 Å². The van der Waals surface area contributed by atoms with E-state index in [1.807, 2.05) is 30.3 Å². The van der Waals surface area contributed by atoms with Crippen molar-refractivity contribution in [2.24, 2.45) is 0 Å². The summed E-state index contributed by atoms with van der Waals surface area (Å²) in [6.07, 6.45) is 1.29. The van der Waals surface area contributed by atoms with Gasteiger partial charge in [-0.3, -0.25) is 4.79 Å². The summed E-state index contributed by atoms with van der Waals surface area (Å²) in [4.78, 5) is 20.2. The van der Waals surface area contributed by atoms with Gasteiger partial charge in [0.1, 0.15) is 23.7 Å². The van der Waals surface area contributed by atoms with Crippen LogP contribution in [0.15, 0.2) is 67.0 Å². The lowest BCUT2D eigenvalue weighted by Gasteiger charge is -2.08. The van der Waals surface area contributed by atoms with Crippen LogP contribution in [0.4, 0.5) is 15.9 Å². The molecule has 24 heavy (non-hydrogen) atoms. The number of nitrogens with zero attached hydrogens (tertiary/aromatic N) is 2. The number of benzene rings is 2. The van der Waals surface area contributed by atoms with Crippen molar-refractivity contribution >= 4 is 17.4 Å². The second-order valence-corrected chi connectivity index (χ2v) is 5.09. The highest BCUT2D eigenvalue weighted by molar-refractivity contribution is 5.92. The van der Waals surface area contributed by atoms with Crippen LogP contribution >= 0.6 is 0 Å². The molecule has 1 heterocycles. The lowest BCUT2D eigenvalue weighted by Crippen LogP contribution is -2.24. The Morgan fingerprint density at radius 2 is 1.83 bits per heavy atom. The lowest BCUT2D eigenvalue weighted by atomic mass is 10.2. The Bertz CT molecular complexity index is 839. The highest BCUT2D eigenvalue weighted by Gasteiger charge is 2.09. The zero-order valence-corrected chi connectivity index (χ0v) is 12.7. The summed E-state index contributed by atoms with van der Waals surface area (Å²) in [7, 11) is 0. The molecule has 0 saturated heterocycles. The van der Waals surface area contributed by atoms with Crippen molar-refractivity contribution in [1.82, 2.24) is 15.3 Å². The van der Waals surface area contributed by atoms with Crippen molar-refractivity contribution in [3.05, 3.63) is 84.1 Å². The Kier molecular flexibility index (Phi) is 4.76. The Hall–Kier alpha value is -3.28. The number of aromatic nitrogens is 2. The molecular formula is C18H15FN4O. The third-order valence-electron chi connectivity index (χ3n) is 3.29. The summed E-state index contributed by atoms with van der Waals surface area (Å²) in [6, 6.07) is 17.1. The van der Waals surface area contributed by atoms with E-state index >= 15 is 0 Å². The van der Waals surface area contributed by atoms with Gasteiger partial charge in [0.15, 0.2) is 0 Å². The smallest absolute Gasteiger partial charge is 0.270 e. The summed E-state index contributed by atoms with van der Waals surface area (Å²) in [5, 5.41) is 5.74. The molecule has 0 spiro atoms. The van der Waals surface area contributed by atoms with E-state index in [1.54, 1.807) is 12.1 Å². The summed E-state index contributed by atoms with van der Waals surface area (Å²) >= 11 is 0. The minimum atomic E-state index is -0.352. The van der Waals surface area contributed by atoms with Crippen molar-refractivity contribution in [3.63, 3.8) is 0 Å². The van der Waals surface area contributed by atoms with Crippen LogP contribution in [0.2, 0.25) is 0 Å². The number of carbonyl (C=O) groups is 1. The second-order valence-electron chi connectivity index (χ2n) is 5.09. The number of amides is 1. The Morgan fingerprint density at radius 3 is 2.62 bits per heavy atom.